The second-order valence-electron chi connectivity index (χ2n) is 9.07. The van der Waals surface area contributed by atoms with Crippen LogP contribution in [-0.2, 0) is 0 Å². The summed E-state index contributed by atoms with van der Waals surface area (Å²) < 4.78 is 2.46. The van der Waals surface area contributed by atoms with E-state index in [0.717, 1.165) is 0 Å². The summed E-state index contributed by atoms with van der Waals surface area (Å²) in [7, 11) is 0. The van der Waals surface area contributed by atoms with E-state index in [4.69, 9.17) is 0 Å². The maximum Gasteiger partial charge on any atom is 0.0627 e. The van der Waals surface area contributed by atoms with Gasteiger partial charge in [0.25, 0.3) is 0 Å². The number of fused-ring (bicyclic) bond motifs is 11. The normalized spacial score (nSPS) is 12.1. The van der Waals surface area contributed by atoms with Gasteiger partial charge in [-0.15, -0.1) is 0 Å². The van der Waals surface area contributed by atoms with E-state index in [9.17, 15) is 0 Å². The van der Waals surface area contributed by atoms with Crippen molar-refractivity contribution in [3.8, 4) is 5.69 Å². The largest absolute Gasteiger partial charge is 0.354 e. The molecule has 8 rings (SSSR count). The van der Waals surface area contributed by atoms with Crippen LogP contribution in [0.4, 0.5) is 0 Å². The van der Waals surface area contributed by atoms with E-state index in [2.05, 4.69) is 125 Å². The van der Waals surface area contributed by atoms with Gasteiger partial charge in [-0.3, -0.25) is 0 Å². The Bertz CT molecular complexity index is 2070. The van der Waals surface area contributed by atoms with Crippen molar-refractivity contribution in [1.82, 2.24) is 9.55 Å². The molecule has 0 saturated carbocycles. The second-order valence-corrected chi connectivity index (χ2v) is 9.07. The first-order valence-corrected chi connectivity index (χ1v) is 11.7. The third kappa shape index (κ3) is 2.24. The average Bonchev–Trinajstić information content (AvgIpc) is 3.45. The molecule has 2 nitrogen and oxygen atoms in total. The predicted octanol–water partition coefficient (Wildman–Crippen LogP) is 8.72. The molecule has 6 aromatic carbocycles. The molecule has 34 heavy (non-hydrogen) atoms. The molecular formula is C32H20N2. The molecule has 0 aliphatic heterocycles. The molecule has 2 heterocycles. The van der Waals surface area contributed by atoms with E-state index in [1.54, 1.807) is 0 Å². The van der Waals surface area contributed by atoms with Crippen LogP contribution in [0, 0.1) is 0 Å². The Kier molecular flexibility index (Phi) is 3.42. The average molecular weight is 433 g/mol. The van der Waals surface area contributed by atoms with Crippen LogP contribution in [0.3, 0.4) is 0 Å². The number of H-pyrrole nitrogens is 1. The van der Waals surface area contributed by atoms with Gasteiger partial charge < -0.3 is 9.55 Å². The van der Waals surface area contributed by atoms with Gasteiger partial charge in [-0.1, -0.05) is 91.0 Å². The van der Waals surface area contributed by atoms with Crippen LogP contribution in [0.1, 0.15) is 0 Å². The quantitative estimate of drug-likeness (QED) is 0.268. The zero-order chi connectivity index (χ0) is 22.2. The number of para-hydroxylation sites is 2. The van der Waals surface area contributed by atoms with E-state index in [1.807, 2.05) is 0 Å². The Morgan fingerprint density at radius 2 is 1.18 bits per heavy atom. The van der Waals surface area contributed by atoms with Gasteiger partial charge in [-0.2, -0.15) is 0 Å². The molecule has 0 fully saturated rings. The Morgan fingerprint density at radius 3 is 2.06 bits per heavy atom. The summed E-state index contributed by atoms with van der Waals surface area (Å²) >= 11 is 0. The van der Waals surface area contributed by atoms with Crippen LogP contribution in [-0.4, -0.2) is 9.55 Å². The first-order chi connectivity index (χ1) is 16.9. The van der Waals surface area contributed by atoms with Gasteiger partial charge >= 0.3 is 0 Å². The smallest absolute Gasteiger partial charge is 0.0627 e. The number of nitrogens with one attached hydrogen (secondary N) is 1. The molecule has 0 aliphatic carbocycles. The van der Waals surface area contributed by atoms with Gasteiger partial charge in [0.1, 0.15) is 0 Å². The van der Waals surface area contributed by atoms with Gasteiger partial charge in [0.15, 0.2) is 0 Å². The van der Waals surface area contributed by atoms with Crippen molar-refractivity contribution in [1.29, 1.82) is 0 Å². The van der Waals surface area contributed by atoms with E-state index in [-0.39, 0.29) is 0 Å². The molecule has 1 N–H and O–H groups in total. The van der Waals surface area contributed by atoms with Crippen LogP contribution in [0.15, 0.2) is 115 Å². The predicted molar refractivity (Wildman–Crippen MR) is 145 cm³/mol. The van der Waals surface area contributed by atoms with E-state index in [1.165, 1.54) is 70.8 Å². The lowest BCUT2D eigenvalue weighted by Gasteiger charge is -2.12. The summed E-state index contributed by atoms with van der Waals surface area (Å²) in [6.45, 7) is 0. The number of nitrogens with zero attached hydrogens (tertiary/aromatic N) is 1. The number of aromatic amines is 1. The fourth-order valence-corrected chi connectivity index (χ4v) is 5.84. The van der Waals surface area contributed by atoms with Crippen LogP contribution in [0.5, 0.6) is 0 Å². The molecule has 0 radical (unpaired) electrons. The Hall–Kier alpha value is -4.56. The zero-order valence-corrected chi connectivity index (χ0v) is 18.4. The van der Waals surface area contributed by atoms with E-state index < -0.39 is 0 Å². The van der Waals surface area contributed by atoms with Crippen molar-refractivity contribution in [3.05, 3.63) is 115 Å². The minimum atomic E-state index is 1.18. The molecule has 8 aromatic rings. The summed E-state index contributed by atoms with van der Waals surface area (Å²) in [5.41, 5.74) is 6.08. The monoisotopic (exact) mass is 432 g/mol. The van der Waals surface area contributed by atoms with Crippen molar-refractivity contribution >= 4 is 65.2 Å². The molecule has 2 aromatic heterocycles. The van der Waals surface area contributed by atoms with Crippen molar-refractivity contribution in [2.75, 3.05) is 0 Å². The highest BCUT2D eigenvalue weighted by atomic mass is 15.0. The number of rotatable bonds is 1. The third-order valence-electron chi connectivity index (χ3n) is 7.27. The number of hydrogen-bond acceptors (Lipinski definition) is 0. The highest BCUT2D eigenvalue weighted by Crippen LogP contribution is 2.44. The minimum Gasteiger partial charge on any atom is -0.354 e. The lowest BCUT2D eigenvalue weighted by molar-refractivity contribution is 1.19. The van der Waals surface area contributed by atoms with Crippen molar-refractivity contribution in [2.24, 2.45) is 0 Å². The molecule has 0 bridgehead atoms. The molecule has 0 amide bonds. The standard InChI is InChI=1S/C32H20N2/c1-2-10-21-19-22(18-17-20(21)9-1)34-28-16-8-6-14-26(28)30-29-25-13-5-7-15-27(25)33-31(29)23-11-3-4-12-24(23)32(30)34/h1-19,33H. The SMILES string of the molecule is c1ccc2cc(-n3c4ccccc4c4c5c6ccccc6[nH]c5c5ccccc5c43)ccc2c1. The number of benzene rings is 6. The summed E-state index contributed by atoms with van der Waals surface area (Å²) in [4.78, 5) is 3.74. The van der Waals surface area contributed by atoms with Crippen molar-refractivity contribution < 1.29 is 0 Å². The second kappa shape index (κ2) is 6.49. The number of aromatic nitrogens is 2. The Morgan fingerprint density at radius 1 is 0.500 bits per heavy atom. The van der Waals surface area contributed by atoms with Gasteiger partial charge in [0, 0.05) is 43.5 Å². The molecule has 0 aliphatic rings. The molecule has 0 unspecified atom stereocenters. The summed E-state index contributed by atoms with van der Waals surface area (Å²) in [5, 5.41) is 10.2. The van der Waals surface area contributed by atoms with Crippen LogP contribution in [0.2, 0.25) is 0 Å². The van der Waals surface area contributed by atoms with Crippen molar-refractivity contribution in [2.45, 2.75) is 0 Å². The highest BCUT2D eigenvalue weighted by Gasteiger charge is 2.21. The maximum absolute atomic E-state index is 3.74. The first-order valence-electron chi connectivity index (χ1n) is 11.7. The molecule has 0 spiro atoms. The number of hydrogen-bond donors (Lipinski definition) is 1. The molecule has 0 atom stereocenters. The van der Waals surface area contributed by atoms with Gasteiger partial charge in [-0.05, 0) is 35.0 Å². The summed E-state index contributed by atoms with van der Waals surface area (Å²) in [6, 6.07) is 41.7. The van der Waals surface area contributed by atoms with Crippen LogP contribution >= 0.6 is 0 Å². The summed E-state index contributed by atoms with van der Waals surface area (Å²) in [5.74, 6) is 0. The third-order valence-corrected chi connectivity index (χ3v) is 7.27. The van der Waals surface area contributed by atoms with Gasteiger partial charge in [-0.25, -0.2) is 0 Å². The lowest BCUT2D eigenvalue weighted by Crippen LogP contribution is -1.94. The zero-order valence-electron chi connectivity index (χ0n) is 18.4. The lowest BCUT2D eigenvalue weighted by atomic mass is 9.99. The first kappa shape index (κ1) is 17.9. The topological polar surface area (TPSA) is 20.7 Å². The van der Waals surface area contributed by atoms with Gasteiger partial charge in [0.2, 0.25) is 0 Å². The fourth-order valence-electron chi connectivity index (χ4n) is 5.84. The fraction of sp³-hybridized carbons (Fsp3) is 0. The Labute approximate surface area is 195 Å². The Balaban J connectivity index is 1.69. The molecule has 2 heteroatoms. The van der Waals surface area contributed by atoms with E-state index >= 15 is 0 Å². The molecular weight excluding hydrogens is 412 g/mol. The molecule has 158 valence electrons. The minimum absolute atomic E-state index is 1.18. The van der Waals surface area contributed by atoms with Crippen LogP contribution in [0.25, 0.3) is 70.8 Å². The highest BCUT2D eigenvalue weighted by molar-refractivity contribution is 6.36. The van der Waals surface area contributed by atoms with Gasteiger partial charge in [0.05, 0.1) is 16.6 Å². The summed E-state index contributed by atoms with van der Waals surface area (Å²) in [6.07, 6.45) is 0. The molecule has 0 saturated heterocycles. The van der Waals surface area contributed by atoms with Crippen molar-refractivity contribution in [3.63, 3.8) is 0 Å². The maximum atomic E-state index is 3.74. The van der Waals surface area contributed by atoms with Crippen LogP contribution < -0.4 is 0 Å². The van der Waals surface area contributed by atoms with E-state index in [0.29, 0.717) is 0 Å².